The van der Waals surface area contributed by atoms with Crippen molar-refractivity contribution in [3.8, 4) is 0 Å². The van der Waals surface area contributed by atoms with Crippen LogP contribution in [0.4, 0.5) is 0 Å². The fourth-order valence-electron chi connectivity index (χ4n) is 1.37. The highest BCUT2D eigenvalue weighted by Gasteiger charge is 2.06. The maximum atomic E-state index is 10.5. The minimum absolute atomic E-state index is 0.108. The highest BCUT2D eigenvalue weighted by Crippen LogP contribution is 1.99. The molecule has 1 rings (SSSR count). The van der Waals surface area contributed by atoms with Gasteiger partial charge in [-0.25, -0.2) is 0 Å². The molecule has 0 bridgehead atoms. The largest absolute Gasteiger partial charge is 0.480 e. The number of aliphatic carboxylic acids is 1. The lowest BCUT2D eigenvalue weighted by atomic mass is 10.2. The molecule has 1 aromatic heterocycles. The summed E-state index contributed by atoms with van der Waals surface area (Å²) in [6, 6.07) is 3.89. The molecule has 0 fully saturated rings. The summed E-state index contributed by atoms with van der Waals surface area (Å²) in [7, 11) is 0. The van der Waals surface area contributed by atoms with E-state index in [1.807, 2.05) is 30.2 Å². The van der Waals surface area contributed by atoms with Crippen LogP contribution in [0.15, 0.2) is 24.5 Å². The smallest absolute Gasteiger partial charge is 0.317 e. The summed E-state index contributed by atoms with van der Waals surface area (Å²) in [5, 5.41) is 8.66. The van der Waals surface area contributed by atoms with Gasteiger partial charge < -0.3 is 5.11 Å². The molecule has 0 aliphatic rings. The Hall–Kier alpha value is -1.42. The van der Waals surface area contributed by atoms with E-state index in [4.69, 9.17) is 5.11 Å². The van der Waals surface area contributed by atoms with Gasteiger partial charge in [0, 0.05) is 18.9 Å². The van der Waals surface area contributed by atoms with Crippen LogP contribution in [-0.2, 0) is 11.2 Å². The number of carboxylic acid groups (broad SMARTS) is 1. The summed E-state index contributed by atoms with van der Waals surface area (Å²) in [4.78, 5) is 16.4. The molecule has 0 spiro atoms. The number of likely N-dealkylation sites (N-methyl/N-ethyl adjacent to an activating group) is 1. The Morgan fingerprint density at radius 3 is 2.93 bits per heavy atom. The molecule has 0 aliphatic carbocycles. The molecule has 0 amide bonds. The number of carbonyl (C=O) groups is 1. The molecule has 15 heavy (non-hydrogen) atoms. The average Bonchev–Trinajstić information content (AvgIpc) is 2.25. The average molecular weight is 208 g/mol. The van der Waals surface area contributed by atoms with Crippen molar-refractivity contribution in [1.29, 1.82) is 0 Å². The van der Waals surface area contributed by atoms with Crippen LogP contribution in [0.3, 0.4) is 0 Å². The quantitative estimate of drug-likeness (QED) is 0.758. The van der Waals surface area contributed by atoms with E-state index >= 15 is 0 Å². The standard InChI is InChI=1S/C11H16N2O2/c1-2-13(9-11(14)15)7-5-10-4-3-6-12-8-10/h3-4,6,8H,2,5,7,9H2,1H3,(H,14,15). The minimum Gasteiger partial charge on any atom is -0.480 e. The lowest BCUT2D eigenvalue weighted by Gasteiger charge is -2.17. The zero-order valence-corrected chi connectivity index (χ0v) is 8.89. The van der Waals surface area contributed by atoms with E-state index in [1.54, 1.807) is 6.20 Å². The van der Waals surface area contributed by atoms with Gasteiger partial charge in [-0.2, -0.15) is 0 Å². The Kier molecular flexibility index (Phi) is 4.77. The molecule has 0 atom stereocenters. The van der Waals surface area contributed by atoms with Gasteiger partial charge in [0.15, 0.2) is 0 Å². The van der Waals surface area contributed by atoms with E-state index in [1.165, 1.54) is 0 Å². The van der Waals surface area contributed by atoms with Crippen molar-refractivity contribution in [3.63, 3.8) is 0 Å². The molecule has 82 valence electrons. The van der Waals surface area contributed by atoms with E-state index in [2.05, 4.69) is 4.98 Å². The minimum atomic E-state index is -0.775. The van der Waals surface area contributed by atoms with E-state index < -0.39 is 5.97 Å². The number of rotatable bonds is 6. The van der Waals surface area contributed by atoms with Crippen LogP contribution in [0.1, 0.15) is 12.5 Å². The Balaban J connectivity index is 2.37. The summed E-state index contributed by atoms with van der Waals surface area (Å²) in [6.45, 7) is 3.59. The van der Waals surface area contributed by atoms with E-state index in [9.17, 15) is 4.79 Å². The zero-order valence-electron chi connectivity index (χ0n) is 8.89. The molecular formula is C11H16N2O2. The Morgan fingerprint density at radius 2 is 2.40 bits per heavy atom. The summed E-state index contributed by atoms with van der Waals surface area (Å²) in [6.07, 6.45) is 4.39. The lowest BCUT2D eigenvalue weighted by molar-refractivity contribution is -0.138. The number of pyridine rings is 1. The van der Waals surface area contributed by atoms with Crippen molar-refractivity contribution >= 4 is 5.97 Å². The van der Waals surface area contributed by atoms with E-state index in [-0.39, 0.29) is 6.54 Å². The van der Waals surface area contributed by atoms with Gasteiger partial charge in [-0.15, -0.1) is 0 Å². The topological polar surface area (TPSA) is 53.4 Å². The van der Waals surface area contributed by atoms with Crippen LogP contribution in [0, 0.1) is 0 Å². The summed E-state index contributed by atoms with van der Waals surface area (Å²) < 4.78 is 0. The Bertz CT molecular complexity index is 301. The Labute approximate surface area is 89.6 Å². The number of carboxylic acids is 1. The molecular weight excluding hydrogens is 192 g/mol. The van der Waals surface area contributed by atoms with Crippen molar-refractivity contribution in [1.82, 2.24) is 9.88 Å². The van der Waals surface area contributed by atoms with Crippen molar-refractivity contribution < 1.29 is 9.90 Å². The lowest BCUT2D eigenvalue weighted by Crippen LogP contribution is -2.31. The SMILES string of the molecule is CCN(CCc1cccnc1)CC(=O)O. The van der Waals surface area contributed by atoms with Gasteiger partial charge in [0.1, 0.15) is 0 Å². The fraction of sp³-hybridized carbons (Fsp3) is 0.455. The van der Waals surface area contributed by atoms with Crippen LogP contribution >= 0.6 is 0 Å². The van der Waals surface area contributed by atoms with Gasteiger partial charge in [-0.1, -0.05) is 13.0 Å². The molecule has 0 saturated heterocycles. The first-order valence-electron chi connectivity index (χ1n) is 5.05. The second-order valence-electron chi connectivity index (χ2n) is 3.37. The molecule has 1 heterocycles. The first kappa shape index (κ1) is 11.7. The van der Waals surface area contributed by atoms with Crippen LogP contribution in [0.5, 0.6) is 0 Å². The summed E-state index contributed by atoms with van der Waals surface area (Å²) in [5.74, 6) is -0.775. The molecule has 0 saturated carbocycles. The number of hydrogen-bond donors (Lipinski definition) is 1. The van der Waals surface area contributed by atoms with Gasteiger partial charge in [0.25, 0.3) is 0 Å². The second-order valence-corrected chi connectivity index (χ2v) is 3.37. The molecule has 4 nitrogen and oxygen atoms in total. The van der Waals surface area contributed by atoms with Gasteiger partial charge in [-0.05, 0) is 24.6 Å². The maximum absolute atomic E-state index is 10.5. The van der Waals surface area contributed by atoms with Crippen molar-refractivity contribution in [3.05, 3.63) is 30.1 Å². The molecule has 0 unspecified atom stereocenters. The number of nitrogens with zero attached hydrogens (tertiary/aromatic N) is 2. The predicted molar refractivity (Wildman–Crippen MR) is 57.7 cm³/mol. The molecule has 4 heteroatoms. The van der Waals surface area contributed by atoms with Gasteiger partial charge in [-0.3, -0.25) is 14.7 Å². The van der Waals surface area contributed by atoms with Crippen LogP contribution in [0.2, 0.25) is 0 Å². The van der Waals surface area contributed by atoms with Crippen molar-refractivity contribution in [2.24, 2.45) is 0 Å². The van der Waals surface area contributed by atoms with Crippen molar-refractivity contribution in [2.45, 2.75) is 13.3 Å². The third-order valence-electron chi connectivity index (χ3n) is 2.25. The highest BCUT2D eigenvalue weighted by molar-refractivity contribution is 5.69. The molecule has 0 aromatic carbocycles. The summed E-state index contributed by atoms with van der Waals surface area (Å²) in [5.41, 5.74) is 1.14. The first-order valence-corrected chi connectivity index (χ1v) is 5.05. The van der Waals surface area contributed by atoms with Crippen LogP contribution < -0.4 is 0 Å². The molecule has 1 N–H and O–H groups in total. The van der Waals surface area contributed by atoms with Crippen LogP contribution in [0.25, 0.3) is 0 Å². The van der Waals surface area contributed by atoms with E-state index in [0.717, 1.165) is 25.1 Å². The van der Waals surface area contributed by atoms with Crippen LogP contribution in [-0.4, -0.2) is 40.6 Å². The predicted octanol–water partition coefficient (Wildman–Crippen LogP) is 1.03. The maximum Gasteiger partial charge on any atom is 0.317 e. The fourth-order valence-corrected chi connectivity index (χ4v) is 1.37. The third kappa shape index (κ3) is 4.56. The number of aromatic nitrogens is 1. The number of hydrogen-bond acceptors (Lipinski definition) is 3. The monoisotopic (exact) mass is 208 g/mol. The second kappa shape index (κ2) is 6.14. The van der Waals surface area contributed by atoms with Gasteiger partial charge >= 0.3 is 5.97 Å². The zero-order chi connectivity index (χ0) is 11.1. The first-order chi connectivity index (χ1) is 7.22. The normalized spacial score (nSPS) is 10.5. The van der Waals surface area contributed by atoms with E-state index in [0.29, 0.717) is 0 Å². The van der Waals surface area contributed by atoms with Crippen molar-refractivity contribution in [2.75, 3.05) is 19.6 Å². The molecule has 0 aliphatic heterocycles. The molecule has 1 aromatic rings. The summed E-state index contributed by atoms with van der Waals surface area (Å²) >= 11 is 0. The van der Waals surface area contributed by atoms with Gasteiger partial charge in [0.2, 0.25) is 0 Å². The molecule has 0 radical (unpaired) electrons. The third-order valence-corrected chi connectivity index (χ3v) is 2.25. The highest BCUT2D eigenvalue weighted by atomic mass is 16.4. The Morgan fingerprint density at radius 1 is 1.60 bits per heavy atom. The van der Waals surface area contributed by atoms with Gasteiger partial charge in [0.05, 0.1) is 6.54 Å².